The van der Waals surface area contributed by atoms with Gasteiger partial charge < -0.3 is 19.5 Å². The van der Waals surface area contributed by atoms with E-state index in [1.165, 1.54) is 4.90 Å². The summed E-state index contributed by atoms with van der Waals surface area (Å²) in [6.45, 7) is 2.69. The molecule has 6 heteroatoms. The fourth-order valence-electron chi connectivity index (χ4n) is 3.14. The number of pyridine rings is 1. The molecule has 102 valence electrons. The van der Waals surface area contributed by atoms with Crippen LogP contribution >= 0.6 is 0 Å². The van der Waals surface area contributed by atoms with E-state index < -0.39 is 11.7 Å². The minimum Gasteiger partial charge on any atom is -0.481 e. The van der Waals surface area contributed by atoms with Gasteiger partial charge in [-0.2, -0.15) is 0 Å². The van der Waals surface area contributed by atoms with Crippen LogP contribution in [0.3, 0.4) is 0 Å². The van der Waals surface area contributed by atoms with E-state index in [9.17, 15) is 9.90 Å². The highest BCUT2D eigenvalue weighted by Gasteiger charge is 2.51. The van der Waals surface area contributed by atoms with Crippen LogP contribution in [0, 0.1) is 0 Å². The number of hydrogen-bond acceptors (Lipinski definition) is 4. The molecule has 0 aliphatic carbocycles. The van der Waals surface area contributed by atoms with Gasteiger partial charge in [0.15, 0.2) is 0 Å². The van der Waals surface area contributed by atoms with E-state index in [-0.39, 0.29) is 6.04 Å². The van der Waals surface area contributed by atoms with Crippen molar-refractivity contribution in [2.45, 2.75) is 31.6 Å². The van der Waals surface area contributed by atoms with Crippen molar-refractivity contribution in [1.29, 1.82) is 0 Å². The molecule has 3 heterocycles. The topological polar surface area (TPSA) is 71.9 Å². The Hall–Kier alpha value is -1.82. The summed E-state index contributed by atoms with van der Waals surface area (Å²) in [6, 6.07) is 1.85. The minimum atomic E-state index is -0.901. The fraction of sp³-hybridized carbons (Fsp3) is 0.538. The Bertz CT molecular complexity index is 533. The molecular weight excluding hydrogens is 248 g/mol. The highest BCUT2D eigenvalue weighted by atomic mass is 16.5. The molecule has 1 saturated heterocycles. The SMILES string of the molecule is COc1nccc2c1COC21C[C@H](C)N(C(=O)O)C1. The number of carboxylic acid groups (broad SMARTS) is 1. The van der Waals surface area contributed by atoms with Crippen molar-refractivity contribution in [2.24, 2.45) is 0 Å². The lowest BCUT2D eigenvalue weighted by Gasteiger charge is -2.23. The van der Waals surface area contributed by atoms with Crippen molar-refractivity contribution < 1.29 is 19.4 Å². The Morgan fingerprint density at radius 1 is 1.68 bits per heavy atom. The van der Waals surface area contributed by atoms with E-state index in [2.05, 4.69) is 4.98 Å². The van der Waals surface area contributed by atoms with Crippen LogP contribution in [-0.4, -0.2) is 40.8 Å². The van der Waals surface area contributed by atoms with Crippen LogP contribution in [0.4, 0.5) is 4.79 Å². The molecule has 1 unspecified atom stereocenters. The fourth-order valence-corrected chi connectivity index (χ4v) is 3.14. The molecule has 0 radical (unpaired) electrons. The summed E-state index contributed by atoms with van der Waals surface area (Å²) < 4.78 is 11.2. The van der Waals surface area contributed by atoms with Gasteiger partial charge in [0, 0.05) is 24.2 Å². The predicted molar refractivity (Wildman–Crippen MR) is 66.1 cm³/mol. The van der Waals surface area contributed by atoms with Gasteiger partial charge in [-0.1, -0.05) is 0 Å². The molecule has 0 saturated carbocycles. The quantitative estimate of drug-likeness (QED) is 0.834. The maximum absolute atomic E-state index is 11.2. The van der Waals surface area contributed by atoms with E-state index in [0.29, 0.717) is 25.5 Å². The molecule has 6 nitrogen and oxygen atoms in total. The van der Waals surface area contributed by atoms with Crippen molar-refractivity contribution in [2.75, 3.05) is 13.7 Å². The molecular formula is C13H16N2O4. The summed E-state index contributed by atoms with van der Waals surface area (Å²) in [4.78, 5) is 16.8. The molecule has 2 aliphatic rings. The third kappa shape index (κ3) is 1.67. The number of likely N-dealkylation sites (tertiary alicyclic amines) is 1. The molecule has 2 atom stereocenters. The molecule has 0 aromatic carbocycles. The van der Waals surface area contributed by atoms with Crippen molar-refractivity contribution in [1.82, 2.24) is 9.88 Å². The second-order valence-corrected chi connectivity index (χ2v) is 5.09. The highest BCUT2D eigenvalue weighted by Crippen LogP contribution is 2.47. The molecule has 1 amide bonds. The zero-order valence-electron chi connectivity index (χ0n) is 10.9. The first-order chi connectivity index (χ1) is 9.07. The molecule has 2 aliphatic heterocycles. The molecule has 3 rings (SSSR count). The largest absolute Gasteiger partial charge is 0.481 e. The van der Waals surface area contributed by atoms with E-state index in [1.807, 2.05) is 13.0 Å². The molecule has 1 spiro atoms. The van der Waals surface area contributed by atoms with Gasteiger partial charge in [0.25, 0.3) is 0 Å². The van der Waals surface area contributed by atoms with Crippen molar-refractivity contribution in [3.8, 4) is 5.88 Å². The van der Waals surface area contributed by atoms with Gasteiger partial charge in [-0.15, -0.1) is 0 Å². The third-order valence-corrected chi connectivity index (χ3v) is 4.02. The first-order valence-electron chi connectivity index (χ1n) is 6.23. The average Bonchev–Trinajstić information content (AvgIpc) is 2.92. The number of nitrogens with zero attached hydrogens (tertiary/aromatic N) is 2. The van der Waals surface area contributed by atoms with Gasteiger partial charge in [0.1, 0.15) is 5.60 Å². The number of ether oxygens (including phenoxy) is 2. The first kappa shape index (κ1) is 12.2. The number of carbonyl (C=O) groups is 1. The first-order valence-corrected chi connectivity index (χ1v) is 6.23. The molecule has 0 bridgehead atoms. The maximum atomic E-state index is 11.2. The lowest BCUT2D eigenvalue weighted by molar-refractivity contribution is -0.0289. The van der Waals surface area contributed by atoms with Gasteiger partial charge >= 0.3 is 6.09 Å². The van der Waals surface area contributed by atoms with Gasteiger partial charge in [-0.25, -0.2) is 9.78 Å². The Morgan fingerprint density at radius 2 is 2.47 bits per heavy atom. The molecule has 1 aromatic heterocycles. The predicted octanol–water partition coefficient (Wildman–Crippen LogP) is 1.59. The van der Waals surface area contributed by atoms with Gasteiger partial charge in [0.2, 0.25) is 5.88 Å². The van der Waals surface area contributed by atoms with Crippen LogP contribution in [0.15, 0.2) is 12.3 Å². The summed E-state index contributed by atoms with van der Waals surface area (Å²) in [7, 11) is 1.58. The van der Waals surface area contributed by atoms with Crippen LogP contribution in [0.5, 0.6) is 5.88 Å². The minimum absolute atomic E-state index is 0.0531. The Labute approximate surface area is 111 Å². The highest BCUT2D eigenvalue weighted by molar-refractivity contribution is 5.66. The summed E-state index contributed by atoms with van der Waals surface area (Å²) >= 11 is 0. The standard InChI is InChI=1S/C13H16N2O4/c1-8-5-13(7-15(8)12(16)17)10-3-4-14-11(18-2)9(10)6-19-13/h3-4,8H,5-7H2,1-2H3,(H,16,17)/t8-,13?/m0/s1. The summed E-state index contributed by atoms with van der Waals surface area (Å²) in [5.41, 5.74) is 1.41. The summed E-state index contributed by atoms with van der Waals surface area (Å²) in [5.74, 6) is 0.566. The second kappa shape index (κ2) is 4.09. The van der Waals surface area contributed by atoms with Crippen LogP contribution < -0.4 is 4.74 Å². The number of methoxy groups -OCH3 is 1. The number of amides is 1. The van der Waals surface area contributed by atoms with Crippen molar-refractivity contribution >= 4 is 6.09 Å². The number of hydrogen-bond donors (Lipinski definition) is 1. The summed E-state index contributed by atoms with van der Waals surface area (Å²) in [6.07, 6.45) is 1.45. The Balaban J connectivity index is 2.01. The van der Waals surface area contributed by atoms with E-state index in [1.54, 1.807) is 13.3 Å². The maximum Gasteiger partial charge on any atom is 0.407 e. The Kier molecular flexibility index (Phi) is 2.63. The lowest BCUT2D eigenvalue weighted by Crippen LogP contribution is -2.35. The van der Waals surface area contributed by atoms with E-state index >= 15 is 0 Å². The van der Waals surface area contributed by atoms with E-state index in [0.717, 1.165) is 11.1 Å². The monoisotopic (exact) mass is 264 g/mol. The van der Waals surface area contributed by atoms with Crippen molar-refractivity contribution in [3.05, 3.63) is 23.4 Å². The number of fused-ring (bicyclic) bond motifs is 2. The van der Waals surface area contributed by atoms with Crippen molar-refractivity contribution in [3.63, 3.8) is 0 Å². The molecule has 19 heavy (non-hydrogen) atoms. The molecule has 1 aromatic rings. The van der Waals surface area contributed by atoms with Crippen LogP contribution in [0.2, 0.25) is 0 Å². The Morgan fingerprint density at radius 3 is 3.11 bits per heavy atom. The third-order valence-electron chi connectivity index (χ3n) is 4.02. The van der Waals surface area contributed by atoms with Crippen LogP contribution in [-0.2, 0) is 16.9 Å². The second-order valence-electron chi connectivity index (χ2n) is 5.09. The normalized spacial score (nSPS) is 28.7. The van der Waals surface area contributed by atoms with Gasteiger partial charge in [0.05, 0.1) is 20.3 Å². The number of aromatic nitrogens is 1. The van der Waals surface area contributed by atoms with Gasteiger partial charge in [-0.3, -0.25) is 0 Å². The average molecular weight is 264 g/mol. The lowest BCUT2D eigenvalue weighted by atomic mass is 9.91. The zero-order chi connectivity index (χ0) is 13.6. The smallest absolute Gasteiger partial charge is 0.407 e. The van der Waals surface area contributed by atoms with E-state index in [4.69, 9.17) is 9.47 Å². The number of rotatable bonds is 1. The van der Waals surface area contributed by atoms with Gasteiger partial charge in [-0.05, 0) is 18.6 Å². The van der Waals surface area contributed by atoms with Crippen LogP contribution in [0.25, 0.3) is 0 Å². The zero-order valence-corrected chi connectivity index (χ0v) is 10.9. The van der Waals surface area contributed by atoms with Crippen LogP contribution in [0.1, 0.15) is 24.5 Å². The summed E-state index contributed by atoms with van der Waals surface area (Å²) in [5, 5.41) is 9.21. The molecule has 1 fully saturated rings. The molecule has 1 N–H and O–H groups in total.